The van der Waals surface area contributed by atoms with Crippen molar-refractivity contribution in [2.45, 2.75) is 57.9 Å². The maximum Gasteiger partial charge on any atom is 0.294 e. The number of amides is 1. The minimum Gasteiger partial charge on any atom is -0.346 e. The third kappa shape index (κ3) is 4.26. The van der Waals surface area contributed by atoms with Gasteiger partial charge in [-0.3, -0.25) is 9.59 Å². The number of nitrogens with zero attached hydrogens (tertiary/aromatic N) is 1. The van der Waals surface area contributed by atoms with Crippen molar-refractivity contribution in [2.75, 3.05) is 0 Å². The Labute approximate surface area is 171 Å². The maximum absolute atomic E-state index is 13.3. The van der Waals surface area contributed by atoms with Crippen LogP contribution in [-0.2, 0) is 4.79 Å². The number of fused-ring (bicyclic) bond motifs is 1. The van der Waals surface area contributed by atoms with E-state index >= 15 is 0 Å². The summed E-state index contributed by atoms with van der Waals surface area (Å²) in [6, 6.07) is 15.9. The van der Waals surface area contributed by atoms with E-state index in [1.54, 1.807) is 0 Å². The zero-order chi connectivity index (χ0) is 20.2. The van der Waals surface area contributed by atoms with E-state index in [2.05, 4.69) is 5.32 Å². The lowest BCUT2D eigenvalue weighted by Crippen LogP contribution is -2.40. The number of aryl methyl sites for hydroxylation is 1. The van der Waals surface area contributed by atoms with Gasteiger partial charge in [-0.25, -0.2) is 0 Å². The molecule has 0 radical (unpaired) electrons. The Hall–Kier alpha value is -2.88. The molecule has 150 valence electrons. The van der Waals surface area contributed by atoms with E-state index in [1.165, 1.54) is 19.3 Å². The molecule has 4 rings (SSSR count). The lowest BCUT2D eigenvalue weighted by atomic mass is 9.96. The lowest BCUT2D eigenvalue weighted by Gasteiger charge is -2.20. The number of rotatable bonds is 4. The van der Waals surface area contributed by atoms with Crippen molar-refractivity contribution in [1.29, 1.82) is 0 Å². The van der Waals surface area contributed by atoms with Crippen molar-refractivity contribution in [2.24, 2.45) is 0 Å². The molecule has 1 N–H and O–H groups in total. The molecule has 4 nitrogen and oxygen atoms in total. The summed E-state index contributed by atoms with van der Waals surface area (Å²) in [5, 5.41) is 3.03. The number of carbonyl (C=O) groups is 2. The lowest BCUT2D eigenvalue weighted by molar-refractivity contribution is -0.117. The summed E-state index contributed by atoms with van der Waals surface area (Å²) in [5.74, 6) is -0.957. The van der Waals surface area contributed by atoms with Crippen molar-refractivity contribution < 1.29 is 9.59 Å². The molecule has 2 aromatic heterocycles. The molecule has 1 aliphatic carbocycles. The summed E-state index contributed by atoms with van der Waals surface area (Å²) in [5.41, 5.74) is 4.25. The van der Waals surface area contributed by atoms with Gasteiger partial charge in [-0.05, 0) is 43.5 Å². The molecule has 1 amide bonds. The third-order valence-corrected chi connectivity index (χ3v) is 5.90. The minimum atomic E-state index is -0.493. The van der Waals surface area contributed by atoms with Gasteiger partial charge in [0.1, 0.15) is 5.69 Å². The second-order valence-corrected chi connectivity index (χ2v) is 8.11. The number of nitrogens with one attached hydrogen (secondary N) is 1. The molecule has 0 atom stereocenters. The van der Waals surface area contributed by atoms with Crippen LogP contribution in [0.25, 0.3) is 16.6 Å². The van der Waals surface area contributed by atoms with Gasteiger partial charge in [0.2, 0.25) is 0 Å². The monoisotopic (exact) mass is 388 g/mol. The Kier molecular flexibility index (Phi) is 5.79. The SMILES string of the molecule is Cc1ccc(-c2cc3ccccn3c2C(=O)C(=O)NC2CCCCCCC2)cc1. The van der Waals surface area contributed by atoms with Crippen LogP contribution in [0, 0.1) is 6.92 Å². The molecule has 1 aromatic carbocycles. The van der Waals surface area contributed by atoms with Crippen LogP contribution in [-0.4, -0.2) is 22.1 Å². The van der Waals surface area contributed by atoms with Gasteiger partial charge >= 0.3 is 0 Å². The zero-order valence-electron chi connectivity index (χ0n) is 17.0. The topological polar surface area (TPSA) is 50.6 Å². The van der Waals surface area contributed by atoms with E-state index in [4.69, 9.17) is 0 Å². The van der Waals surface area contributed by atoms with Gasteiger partial charge in [0, 0.05) is 23.3 Å². The number of pyridine rings is 1. The van der Waals surface area contributed by atoms with Crippen LogP contribution in [0.5, 0.6) is 0 Å². The predicted molar refractivity (Wildman–Crippen MR) is 116 cm³/mol. The molecule has 0 bridgehead atoms. The van der Waals surface area contributed by atoms with Crippen molar-refractivity contribution in [1.82, 2.24) is 9.72 Å². The Balaban J connectivity index is 1.66. The predicted octanol–water partition coefficient (Wildman–Crippen LogP) is 5.33. The van der Waals surface area contributed by atoms with Crippen LogP contribution in [0.4, 0.5) is 0 Å². The van der Waals surface area contributed by atoms with E-state index in [0.29, 0.717) is 5.69 Å². The maximum atomic E-state index is 13.3. The summed E-state index contributed by atoms with van der Waals surface area (Å²) >= 11 is 0. The normalized spacial score (nSPS) is 15.6. The van der Waals surface area contributed by atoms with Gasteiger partial charge in [0.05, 0.1) is 0 Å². The number of hydrogen-bond donors (Lipinski definition) is 1. The van der Waals surface area contributed by atoms with Gasteiger partial charge in [-0.15, -0.1) is 0 Å². The van der Waals surface area contributed by atoms with Crippen LogP contribution in [0.15, 0.2) is 54.7 Å². The van der Waals surface area contributed by atoms with Gasteiger partial charge in [-0.2, -0.15) is 0 Å². The molecule has 1 fully saturated rings. The summed E-state index contributed by atoms with van der Waals surface area (Å²) in [6.45, 7) is 2.04. The Bertz CT molecular complexity index is 1010. The summed E-state index contributed by atoms with van der Waals surface area (Å²) in [6.07, 6.45) is 9.68. The standard InChI is InChI=1S/C25H28N2O2/c1-18-12-14-19(15-13-18)22-17-21-11-7-8-16-27(21)23(22)24(28)25(29)26-20-9-5-3-2-4-6-10-20/h7-8,11-17,20H,2-6,9-10H2,1H3,(H,26,29). The van der Waals surface area contributed by atoms with E-state index in [1.807, 2.05) is 66.1 Å². The zero-order valence-corrected chi connectivity index (χ0v) is 17.0. The Morgan fingerprint density at radius 2 is 1.62 bits per heavy atom. The number of benzene rings is 1. The Morgan fingerprint density at radius 3 is 2.34 bits per heavy atom. The van der Waals surface area contributed by atoms with E-state index < -0.39 is 11.7 Å². The summed E-state index contributed by atoms with van der Waals surface area (Å²) in [4.78, 5) is 26.2. The van der Waals surface area contributed by atoms with Crippen molar-refractivity contribution in [3.05, 3.63) is 66.0 Å². The van der Waals surface area contributed by atoms with E-state index in [9.17, 15) is 9.59 Å². The highest BCUT2D eigenvalue weighted by Gasteiger charge is 2.26. The van der Waals surface area contributed by atoms with Gasteiger partial charge in [-0.1, -0.05) is 68.0 Å². The number of Topliss-reactive ketones (excluding diaryl/α,β-unsaturated/α-hetero) is 1. The average molecular weight is 389 g/mol. The largest absolute Gasteiger partial charge is 0.346 e. The molecule has 1 saturated carbocycles. The summed E-state index contributed by atoms with van der Waals surface area (Å²) in [7, 11) is 0. The van der Waals surface area contributed by atoms with Crippen molar-refractivity contribution in [3.63, 3.8) is 0 Å². The molecule has 0 saturated heterocycles. The average Bonchev–Trinajstić information content (AvgIpc) is 3.09. The highest BCUT2D eigenvalue weighted by Crippen LogP contribution is 2.29. The van der Waals surface area contributed by atoms with Crippen molar-refractivity contribution >= 4 is 17.2 Å². The first kappa shape index (κ1) is 19.4. The van der Waals surface area contributed by atoms with Crippen LogP contribution in [0.2, 0.25) is 0 Å². The first-order valence-corrected chi connectivity index (χ1v) is 10.7. The Morgan fingerprint density at radius 1 is 0.931 bits per heavy atom. The van der Waals surface area contributed by atoms with Crippen LogP contribution < -0.4 is 5.32 Å². The van der Waals surface area contributed by atoms with Gasteiger partial charge in [0.15, 0.2) is 0 Å². The molecule has 1 aliphatic rings. The highest BCUT2D eigenvalue weighted by atomic mass is 16.2. The first-order valence-electron chi connectivity index (χ1n) is 10.7. The van der Waals surface area contributed by atoms with E-state index in [-0.39, 0.29) is 6.04 Å². The molecule has 4 heteroatoms. The quantitative estimate of drug-likeness (QED) is 0.485. The fourth-order valence-electron chi connectivity index (χ4n) is 4.27. The smallest absolute Gasteiger partial charge is 0.294 e. The fraction of sp³-hybridized carbons (Fsp3) is 0.360. The molecule has 0 spiro atoms. The van der Waals surface area contributed by atoms with Gasteiger partial charge in [0.25, 0.3) is 11.7 Å². The number of aromatic nitrogens is 1. The fourth-order valence-corrected chi connectivity index (χ4v) is 4.27. The molecule has 2 heterocycles. The summed E-state index contributed by atoms with van der Waals surface area (Å²) < 4.78 is 1.83. The molecule has 0 unspecified atom stereocenters. The van der Waals surface area contributed by atoms with Crippen LogP contribution in [0.3, 0.4) is 0 Å². The second-order valence-electron chi connectivity index (χ2n) is 8.11. The number of ketones is 1. The molecular weight excluding hydrogens is 360 g/mol. The third-order valence-electron chi connectivity index (χ3n) is 5.90. The van der Waals surface area contributed by atoms with Crippen LogP contribution in [0.1, 0.15) is 61.0 Å². The molecule has 29 heavy (non-hydrogen) atoms. The van der Waals surface area contributed by atoms with E-state index in [0.717, 1.165) is 47.9 Å². The first-order chi connectivity index (χ1) is 14.1. The van der Waals surface area contributed by atoms with Crippen molar-refractivity contribution in [3.8, 4) is 11.1 Å². The molecular formula is C25H28N2O2. The molecule has 0 aliphatic heterocycles. The second kappa shape index (κ2) is 8.64. The number of carbonyl (C=O) groups excluding carboxylic acids is 2. The minimum absolute atomic E-state index is 0.0980. The highest BCUT2D eigenvalue weighted by molar-refractivity contribution is 6.43. The van der Waals surface area contributed by atoms with Crippen LogP contribution >= 0.6 is 0 Å². The molecule has 3 aromatic rings. The number of hydrogen-bond acceptors (Lipinski definition) is 2. The van der Waals surface area contributed by atoms with Gasteiger partial charge < -0.3 is 9.72 Å².